The summed E-state index contributed by atoms with van der Waals surface area (Å²) in [7, 11) is 0. The van der Waals surface area contributed by atoms with E-state index in [9.17, 15) is 4.79 Å². The minimum absolute atomic E-state index is 0.699. The van der Waals surface area contributed by atoms with Gasteiger partial charge in [-0.3, -0.25) is 4.98 Å². The Bertz CT molecular complexity index is 372. The highest BCUT2D eigenvalue weighted by Gasteiger charge is 2.50. The molecule has 4 nitrogen and oxygen atoms in total. The van der Waals surface area contributed by atoms with Crippen molar-refractivity contribution in [1.29, 1.82) is 0 Å². The maximum absolute atomic E-state index is 10.9. The van der Waals surface area contributed by atoms with Crippen LogP contribution in [0.3, 0.4) is 0 Å². The Morgan fingerprint density at radius 2 is 2.36 bits per heavy atom. The van der Waals surface area contributed by atoms with Crippen LogP contribution in [0.2, 0.25) is 0 Å². The van der Waals surface area contributed by atoms with Gasteiger partial charge in [-0.25, -0.2) is 4.79 Å². The Morgan fingerprint density at radius 3 is 2.86 bits per heavy atom. The molecule has 0 aromatic carbocycles. The highest BCUT2D eigenvalue weighted by atomic mass is 16.4. The molecule has 4 heteroatoms. The number of carbonyl (C=O) groups is 1. The third kappa shape index (κ3) is 1.43. The number of carboxylic acid groups (broad SMARTS) is 1. The van der Waals surface area contributed by atoms with Crippen LogP contribution in [0.25, 0.3) is 0 Å². The fourth-order valence-electron chi connectivity index (χ4n) is 1.39. The first-order chi connectivity index (χ1) is 6.64. The van der Waals surface area contributed by atoms with Crippen LogP contribution >= 0.6 is 0 Å². The first kappa shape index (κ1) is 8.99. The van der Waals surface area contributed by atoms with Crippen molar-refractivity contribution in [3.8, 4) is 0 Å². The molecule has 0 amide bonds. The molecule has 2 rings (SSSR count). The summed E-state index contributed by atoms with van der Waals surface area (Å²) in [6.45, 7) is 1.91. The minimum Gasteiger partial charge on any atom is -0.480 e. The van der Waals surface area contributed by atoms with Gasteiger partial charge in [0.15, 0.2) is 0 Å². The zero-order valence-electron chi connectivity index (χ0n) is 7.95. The van der Waals surface area contributed by atoms with Crippen molar-refractivity contribution in [2.24, 2.45) is 0 Å². The number of hydrogen-bond donors (Lipinski definition) is 2. The Balaban J connectivity index is 2.19. The van der Waals surface area contributed by atoms with E-state index >= 15 is 0 Å². The van der Waals surface area contributed by atoms with Gasteiger partial charge in [-0.2, -0.15) is 0 Å². The van der Waals surface area contributed by atoms with Gasteiger partial charge >= 0.3 is 5.97 Å². The summed E-state index contributed by atoms with van der Waals surface area (Å²) in [5.41, 5.74) is 1.12. The number of pyridine rings is 1. The van der Waals surface area contributed by atoms with E-state index < -0.39 is 11.5 Å². The van der Waals surface area contributed by atoms with Gasteiger partial charge in [-0.05, 0) is 31.4 Å². The number of carboxylic acids is 1. The monoisotopic (exact) mass is 192 g/mol. The van der Waals surface area contributed by atoms with Gasteiger partial charge in [0.2, 0.25) is 0 Å². The molecule has 1 aromatic heterocycles. The number of nitrogens with zero attached hydrogens (tertiary/aromatic N) is 1. The number of aromatic nitrogens is 1. The van der Waals surface area contributed by atoms with Gasteiger partial charge < -0.3 is 10.4 Å². The molecule has 1 aliphatic rings. The Hall–Kier alpha value is -1.58. The molecule has 2 N–H and O–H groups in total. The standard InChI is InChI=1S/C10H12N2O2/c1-7-6-11-5-2-8(7)12-10(3-4-10)9(13)14/h2,5-6H,3-4H2,1H3,(H,11,12)(H,13,14). The van der Waals surface area contributed by atoms with Crippen LogP contribution in [0.4, 0.5) is 5.69 Å². The molecule has 0 saturated heterocycles. The fourth-order valence-corrected chi connectivity index (χ4v) is 1.39. The summed E-state index contributed by atoms with van der Waals surface area (Å²) < 4.78 is 0. The van der Waals surface area contributed by atoms with Crippen molar-refractivity contribution in [3.63, 3.8) is 0 Å². The lowest BCUT2D eigenvalue weighted by Crippen LogP contribution is -2.31. The van der Waals surface area contributed by atoms with Crippen LogP contribution in [0.1, 0.15) is 18.4 Å². The van der Waals surface area contributed by atoms with Crippen molar-refractivity contribution in [1.82, 2.24) is 4.98 Å². The van der Waals surface area contributed by atoms with E-state index in [0.29, 0.717) is 12.8 Å². The van der Waals surface area contributed by atoms with Gasteiger partial charge in [0.25, 0.3) is 0 Å². The van der Waals surface area contributed by atoms with Crippen molar-refractivity contribution in [3.05, 3.63) is 24.0 Å². The quantitative estimate of drug-likeness (QED) is 0.760. The molecule has 74 valence electrons. The maximum Gasteiger partial charge on any atom is 0.329 e. The first-order valence-corrected chi connectivity index (χ1v) is 4.56. The molecule has 0 atom stereocenters. The molecule has 0 radical (unpaired) electrons. The molecular formula is C10H12N2O2. The van der Waals surface area contributed by atoms with E-state index in [1.807, 2.05) is 6.92 Å². The molecule has 1 fully saturated rings. The van der Waals surface area contributed by atoms with E-state index in [1.165, 1.54) is 0 Å². The lowest BCUT2D eigenvalue weighted by Gasteiger charge is -2.15. The normalized spacial score (nSPS) is 17.5. The van der Waals surface area contributed by atoms with Gasteiger partial charge in [-0.15, -0.1) is 0 Å². The summed E-state index contributed by atoms with van der Waals surface area (Å²) in [6, 6.07) is 1.80. The SMILES string of the molecule is Cc1cnccc1NC1(C(=O)O)CC1. The number of aryl methyl sites for hydroxylation is 1. The average molecular weight is 192 g/mol. The Morgan fingerprint density at radius 1 is 1.64 bits per heavy atom. The largest absolute Gasteiger partial charge is 0.480 e. The zero-order chi connectivity index (χ0) is 10.2. The molecule has 1 saturated carbocycles. The average Bonchev–Trinajstić information content (AvgIpc) is 2.90. The topological polar surface area (TPSA) is 62.2 Å². The molecule has 1 aliphatic carbocycles. The second kappa shape index (κ2) is 2.97. The highest BCUT2D eigenvalue weighted by molar-refractivity contribution is 5.86. The number of aliphatic carboxylic acids is 1. The fraction of sp³-hybridized carbons (Fsp3) is 0.400. The molecule has 0 unspecified atom stereocenters. The number of anilines is 1. The lowest BCUT2D eigenvalue weighted by atomic mass is 10.2. The van der Waals surface area contributed by atoms with Crippen molar-refractivity contribution >= 4 is 11.7 Å². The highest BCUT2D eigenvalue weighted by Crippen LogP contribution is 2.39. The second-order valence-corrected chi connectivity index (χ2v) is 3.70. The molecule has 0 bridgehead atoms. The number of hydrogen-bond acceptors (Lipinski definition) is 3. The van der Waals surface area contributed by atoms with Crippen LogP contribution < -0.4 is 5.32 Å². The van der Waals surface area contributed by atoms with E-state index in [-0.39, 0.29) is 0 Å². The van der Waals surface area contributed by atoms with Crippen LogP contribution in [0.5, 0.6) is 0 Å². The Labute approximate surface area is 82.0 Å². The van der Waals surface area contributed by atoms with Gasteiger partial charge in [0.1, 0.15) is 5.54 Å². The molecule has 14 heavy (non-hydrogen) atoms. The predicted molar refractivity (Wildman–Crippen MR) is 52.2 cm³/mol. The van der Waals surface area contributed by atoms with Crippen LogP contribution in [0.15, 0.2) is 18.5 Å². The first-order valence-electron chi connectivity index (χ1n) is 4.56. The second-order valence-electron chi connectivity index (χ2n) is 3.70. The van der Waals surface area contributed by atoms with Crippen LogP contribution in [-0.2, 0) is 4.79 Å². The molecule has 1 heterocycles. The summed E-state index contributed by atoms with van der Waals surface area (Å²) in [6.07, 6.45) is 4.78. The summed E-state index contributed by atoms with van der Waals surface area (Å²) in [5, 5.41) is 12.0. The van der Waals surface area contributed by atoms with Crippen molar-refractivity contribution in [2.45, 2.75) is 25.3 Å². The maximum atomic E-state index is 10.9. The van der Waals surface area contributed by atoms with E-state index in [1.54, 1.807) is 18.5 Å². The third-order valence-electron chi connectivity index (χ3n) is 2.55. The van der Waals surface area contributed by atoms with E-state index in [0.717, 1.165) is 11.3 Å². The number of nitrogens with one attached hydrogen (secondary N) is 1. The lowest BCUT2D eigenvalue weighted by molar-refractivity contribution is -0.138. The van der Waals surface area contributed by atoms with Crippen molar-refractivity contribution < 1.29 is 9.90 Å². The molecule has 1 aromatic rings. The van der Waals surface area contributed by atoms with E-state index in [2.05, 4.69) is 10.3 Å². The number of rotatable bonds is 3. The summed E-state index contributed by atoms with van der Waals surface area (Å²) in [5.74, 6) is -0.770. The van der Waals surface area contributed by atoms with Gasteiger partial charge in [0.05, 0.1) is 0 Å². The van der Waals surface area contributed by atoms with Crippen LogP contribution in [-0.4, -0.2) is 21.6 Å². The predicted octanol–water partition coefficient (Wildman–Crippen LogP) is 1.42. The molecule has 0 spiro atoms. The third-order valence-corrected chi connectivity index (χ3v) is 2.55. The van der Waals surface area contributed by atoms with Crippen molar-refractivity contribution in [2.75, 3.05) is 5.32 Å². The zero-order valence-corrected chi connectivity index (χ0v) is 7.95. The van der Waals surface area contributed by atoms with Gasteiger partial charge in [-0.1, -0.05) is 0 Å². The molecule has 0 aliphatic heterocycles. The Kier molecular flexibility index (Phi) is 1.91. The van der Waals surface area contributed by atoms with E-state index in [4.69, 9.17) is 5.11 Å². The van der Waals surface area contributed by atoms with Crippen LogP contribution in [0, 0.1) is 6.92 Å². The minimum atomic E-state index is -0.770. The molecular weight excluding hydrogens is 180 g/mol. The van der Waals surface area contributed by atoms with Gasteiger partial charge in [0, 0.05) is 18.1 Å². The smallest absolute Gasteiger partial charge is 0.329 e. The summed E-state index contributed by atoms with van der Waals surface area (Å²) >= 11 is 0. The summed E-state index contributed by atoms with van der Waals surface area (Å²) in [4.78, 5) is 14.9.